The van der Waals surface area contributed by atoms with Crippen LogP contribution in [0.2, 0.25) is 0 Å². The molecule has 3 N–H and O–H groups in total. The number of nitrogens with two attached hydrogens (primary N) is 1. The van der Waals surface area contributed by atoms with E-state index in [1.54, 1.807) is 7.11 Å². The van der Waals surface area contributed by atoms with Gasteiger partial charge in [0.1, 0.15) is 5.82 Å². The summed E-state index contributed by atoms with van der Waals surface area (Å²) in [5.74, 6) is 5.78. The van der Waals surface area contributed by atoms with E-state index < -0.39 is 10.0 Å². The Kier molecular flexibility index (Phi) is 6.34. The second kappa shape index (κ2) is 7.53. The molecule has 0 amide bonds. The van der Waals surface area contributed by atoms with Crippen LogP contribution in [0.25, 0.3) is 0 Å². The van der Waals surface area contributed by atoms with Crippen LogP contribution in [0.15, 0.2) is 23.2 Å². The molecule has 1 rings (SSSR count). The molecule has 1 aromatic rings. The lowest BCUT2D eigenvalue weighted by Gasteiger charge is -2.23. The predicted molar refractivity (Wildman–Crippen MR) is 77.5 cm³/mol. The first-order valence-electron chi connectivity index (χ1n) is 6.33. The molecule has 20 heavy (non-hydrogen) atoms. The molecule has 114 valence electrons. The van der Waals surface area contributed by atoms with Crippen molar-refractivity contribution >= 4 is 15.8 Å². The maximum Gasteiger partial charge on any atom is 0.243 e. The molecule has 0 radical (unpaired) electrons. The first-order valence-corrected chi connectivity index (χ1v) is 7.77. The summed E-state index contributed by atoms with van der Waals surface area (Å²) >= 11 is 0. The van der Waals surface area contributed by atoms with Crippen molar-refractivity contribution in [1.29, 1.82) is 0 Å². The van der Waals surface area contributed by atoms with Gasteiger partial charge in [-0.3, -0.25) is 0 Å². The van der Waals surface area contributed by atoms with Crippen molar-refractivity contribution in [2.75, 3.05) is 32.2 Å². The molecule has 0 bridgehead atoms. The Labute approximate surface area is 120 Å². The normalized spacial score (nSPS) is 12.1. The zero-order valence-electron chi connectivity index (χ0n) is 12.0. The zero-order valence-corrected chi connectivity index (χ0v) is 12.9. The van der Waals surface area contributed by atoms with Gasteiger partial charge < -0.3 is 10.2 Å². The molecule has 0 spiro atoms. The molecule has 1 heterocycles. The van der Waals surface area contributed by atoms with E-state index in [1.807, 2.05) is 13.8 Å². The third-order valence-corrected chi connectivity index (χ3v) is 4.49. The average molecular weight is 302 g/mol. The summed E-state index contributed by atoms with van der Waals surface area (Å²) in [6, 6.07) is 2.87. The van der Waals surface area contributed by atoms with E-state index in [2.05, 4.69) is 10.4 Å². The van der Waals surface area contributed by atoms with Gasteiger partial charge in [0.15, 0.2) is 0 Å². The number of rotatable bonds is 8. The Morgan fingerprint density at radius 2 is 2.20 bits per heavy atom. The lowest BCUT2D eigenvalue weighted by molar-refractivity contribution is 0.175. The van der Waals surface area contributed by atoms with Crippen LogP contribution in [0.3, 0.4) is 0 Å². The topological polar surface area (TPSA) is 97.5 Å². The number of nitrogens with one attached hydrogen (secondary N) is 1. The van der Waals surface area contributed by atoms with E-state index in [0.29, 0.717) is 25.5 Å². The lowest BCUT2D eigenvalue weighted by atomic mass is 10.2. The minimum atomic E-state index is -3.58. The molecule has 8 heteroatoms. The van der Waals surface area contributed by atoms with Gasteiger partial charge in [0.2, 0.25) is 10.0 Å². The van der Waals surface area contributed by atoms with Gasteiger partial charge in [-0.05, 0) is 12.0 Å². The van der Waals surface area contributed by atoms with E-state index in [-0.39, 0.29) is 10.8 Å². The maximum atomic E-state index is 12.6. The predicted octanol–water partition coefficient (Wildman–Crippen LogP) is 0.660. The van der Waals surface area contributed by atoms with Crippen LogP contribution >= 0.6 is 0 Å². The van der Waals surface area contributed by atoms with Crippen molar-refractivity contribution in [3.8, 4) is 0 Å². The number of pyridine rings is 1. The SMILES string of the molecule is COCCN(CC(C)C)S(=O)(=O)c1ccnc(NN)c1. The summed E-state index contributed by atoms with van der Waals surface area (Å²) < 4.78 is 31.6. The third kappa shape index (κ3) is 4.41. The number of anilines is 1. The van der Waals surface area contributed by atoms with Crippen LogP contribution in [0.1, 0.15) is 13.8 Å². The standard InChI is InChI=1S/C12H22N4O3S/c1-10(2)9-16(6-7-19-3)20(17,18)11-4-5-14-12(8-11)15-13/h4-5,8,10H,6-7,9,13H2,1-3H3,(H,14,15). The lowest BCUT2D eigenvalue weighted by Crippen LogP contribution is -2.36. The van der Waals surface area contributed by atoms with Gasteiger partial charge in [0, 0.05) is 32.5 Å². The van der Waals surface area contributed by atoms with Gasteiger partial charge in [-0.2, -0.15) is 4.31 Å². The number of hydrogen-bond acceptors (Lipinski definition) is 6. The highest BCUT2D eigenvalue weighted by Crippen LogP contribution is 2.18. The second-order valence-electron chi connectivity index (χ2n) is 4.77. The van der Waals surface area contributed by atoms with Crippen LogP contribution in [0.4, 0.5) is 5.82 Å². The zero-order chi connectivity index (χ0) is 15.2. The highest BCUT2D eigenvalue weighted by atomic mass is 32.2. The molecule has 0 fully saturated rings. The van der Waals surface area contributed by atoms with Crippen LogP contribution in [-0.4, -0.2) is 44.5 Å². The summed E-state index contributed by atoms with van der Waals surface area (Å²) in [5.41, 5.74) is 2.34. The fourth-order valence-corrected chi connectivity index (χ4v) is 3.31. The highest BCUT2D eigenvalue weighted by molar-refractivity contribution is 7.89. The highest BCUT2D eigenvalue weighted by Gasteiger charge is 2.25. The first kappa shape index (κ1) is 16.8. The molecule has 1 aromatic heterocycles. The number of nitrogens with zero attached hydrogens (tertiary/aromatic N) is 2. The summed E-state index contributed by atoms with van der Waals surface area (Å²) in [7, 11) is -2.04. The van der Waals surface area contributed by atoms with Crippen molar-refractivity contribution in [3.63, 3.8) is 0 Å². The quantitative estimate of drug-likeness (QED) is 0.541. The smallest absolute Gasteiger partial charge is 0.243 e. The Bertz CT molecular complexity index is 519. The number of hydrogen-bond donors (Lipinski definition) is 2. The molecule has 0 aliphatic carbocycles. The Morgan fingerprint density at radius 1 is 1.50 bits per heavy atom. The third-order valence-electron chi connectivity index (χ3n) is 2.63. The molecule has 0 atom stereocenters. The Balaban J connectivity index is 3.07. The van der Waals surface area contributed by atoms with E-state index in [4.69, 9.17) is 10.6 Å². The van der Waals surface area contributed by atoms with Gasteiger partial charge in [0.25, 0.3) is 0 Å². The molecule has 7 nitrogen and oxygen atoms in total. The number of methoxy groups -OCH3 is 1. The maximum absolute atomic E-state index is 12.6. The summed E-state index contributed by atoms with van der Waals surface area (Å²) in [4.78, 5) is 4.07. The van der Waals surface area contributed by atoms with E-state index in [0.717, 1.165) is 0 Å². The fourth-order valence-electron chi connectivity index (χ4n) is 1.71. The molecule has 0 saturated heterocycles. The molecule has 0 aromatic carbocycles. The monoisotopic (exact) mass is 302 g/mol. The van der Waals surface area contributed by atoms with Crippen molar-refractivity contribution < 1.29 is 13.2 Å². The number of hydrazine groups is 1. The summed E-state index contributed by atoms with van der Waals surface area (Å²) in [6.07, 6.45) is 1.41. The van der Waals surface area contributed by atoms with E-state index in [1.165, 1.54) is 22.6 Å². The number of sulfonamides is 1. The van der Waals surface area contributed by atoms with Crippen molar-refractivity contribution in [1.82, 2.24) is 9.29 Å². The van der Waals surface area contributed by atoms with Crippen LogP contribution < -0.4 is 11.3 Å². The molecule has 0 aliphatic heterocycles. The minimum absolute atomic E-state index is 0.164. The molecule has 0 saturated carbocycles. The number of aromatic nitrogens is 1. The Hall–Kier alpha value is -1.22. The van der Waals surface area contributed by atoms with E-state index in [9.17, 15) is 8.42 Å². The van der Waals surface area contributed by atoms with E-state index >= 15 is 0 Å². The average Bonchev–Trinajstić information content (AvgIpc) is 2.43. The van der Waals surface area contributed by atoms with Gasteiger partial charge in [-0.25, -0.2) is 19.2 Å². The van der Waals surface area contributed by atoms with Crippen molar-refractivity contribution in [2.24, 2.45) is 11.8 Å². The second-order valence-corrected chi connectivity index (χ2v) is 6.71. The molecular weight excluding hydrogens is 280 g/mol. The Morgan fingerprint density at radius 3 is 2.75 bits per heavy atom. The van der Waals surface area contributed by atoms with Crippen LogP contribution in [-0.2, 0) is 14.8 Å². The molecule has 0 unspecified atom stereocenters. The fraction of sp³-hybridized carbons (Fsp3) is 0.583. The van der Waals surface area contributed by atoms with Gasteiger partial charge in [0.05, 0.1) is 11.5 Å². The van der Waals surface area contributed by atoms with Crippen molar-refractivity contribution in [3.05, 3.63) is 18.3 Å². The van der Waals surface area contributed by atoms with Crippen LogP contribution in [0.5, 0.6) is 0 Å². The van der Waals surface area contributed by atoms with Gasteiger partial charge >= 0.3 is 0 Å². The van der Waals surface area contributed by atoms with Crippen LogP contribution in [0, 0.1) is 5.92 Å². The van der Waals surface area contributed by atoms with Crippen molar-refractivity contribution in [2.45, 2.75) is 18.7 Å². The summed E-state index contributed by atoms with van der Waals surface area (Å²) in [6.45, 7) is 5.02. The number of nitrogen functional groups attached to an aromatic ring is 1. The largest absolute Gasteiger partial charge is 0.383 e. The van der Waals surface area contributed by atoms with Gasteiger partial charge in [-0.15, -0.1) is 0 Å². The minimum Gasteiger partial charge on any atom is -0.383 e. The molecular formula is C12H22N4O3S. The number of ether oxygens (including phenoxy) is 1. The molecule has 0 aliphatic rings. The summed E-state index contributed by atoms with van der Waals surface area (Å²) in [5, 5.41) is 0. The van der Waals surface area contributed by atoms with Gasteiger partial charge in [-0.1, -0.05) is 13.8 Å². The first-order chi connectivity index (χ1) is 9.41.